The molecule has 3 amide bonds. The van der Waals surface area contributed by atoms with Crippen LogP contribution in [0.2, 0.25) is 0 Å². The van der Waals surface area contributed by atoms with E-state index in [9.17, 15) is 50.3 Å². The van der Waals surface area contributed by atoms with Gasteiger partial charge in [-0.2, -0.15) is 23.5 Å². The van der Waals surface area contributed by atoms with Gasteiger partial charge in [-0.05, 0) is 73.2 Å². The molecule has 1 aliphatic rings. The van der Waals surface area contributed by atoms with Crippen LogP contribution in [0, 0.1) is 17.1 Å². The summed E-state index contributed by atoms with van der Waals surface area (Å²) in [6.45, 7) is 2.41. The number of aliphatic hydroxyl groups is 1. The first-order valence-corrected chi connectivity index (χ1v) is 21.5. The van der Waals surface area contributed by atoms with E-state index in [2.05, 4.69) is 15.5 Å². The fraction of sp³-hybridized carbons (Fsp3) is 0.318. The van der Waals surface area contributed by atoms with E-state index in [4.69, 9.17) is 14.7 Å². The Morgan fingerprint density at radius 1 is 0.922 bits per heavy atom. The summed E-state index contributed by atoms with van der Waals surface area (Å²) in [4.78, 5) is 54.0. The van der Waals surface area contributed by atoms with Crippen molar-refractivity contribution in [3.05, 3.63) is 129 Å². The van der Waals surface area contributed by atoms with Crippen LogP contribution in [-0.4, -0.2) is 109 Å². The number of rotatable bonds is 16. The number of amides is 3. The Balaban J connectivity index is 0.886. The van der Waals surface area contributed by atoms with Crippen molar-refractivity contribution in [2.45, 2.75) is 42.9 Å². The lowest BCUT2D eigenvalue weighted by Gasteiger charge is -2.35. The Hall–Kier alpha value is -6.69. The summed E-state index contributed by atoms with van der Waals surface area (Å²) >= 11 is 0. The van der Waals surface area contributed by atoms with Crippen molar-refractivity contribution in [1.29, 1.82) is 5.26 Å². The van der Waals surface area contributed by atoms with Gasteiger partial charge in [-0.25, -0.2) is 17.9 Å². The second-order valence-electron chi connectivity index (χ2n) is 15.1. The highest BCUT2D eigenvalue weighted by atomic mass is 32.2. The molecule has 1 aliphatic heterocycles. The van der Waals surface area contributed by atoms with Gasteiger partial charge in [0, 0.05) is 56.7 Å². The number of alkyl halides is 3. The molecule has 0 spiro atoms. The fourth-order valence-corrected chi connectivity index (χ4v) is 8.52. The summed E-state index contributed by atoms with van der Waals surface area (Å²) in [5, 5.41) is 29.5. The maximum atomic E-state index is 14.9. The van der Waals surface area contributed by atoms with Gasteiger partial charge in [-0.15, -0.1) is 0 Å². The number of benzene rings is 4. The molecule has 2 heterocycles. The number of carbonyl (C=O) groups excluding carboxylic acids is 3. The Morgan fingerprint density at radius 3 is 2.30 bits per heavy atom. The van der Waals surface area contributed by atoms with E-state index < -0.39 is 61.8 Å². The molecule has 336 valence electrons. The monoisotopic (exact) mass is 906 g/mol. The molecule has 1 atom stereocenters. The van der Waals surface area contributed by atoms with Gasteiger partial charge in [0.2, 0.25) is 5.91 Å². The third-order valence-electron chi connectivity index (χ3n) is 10.3. The molecule has 5 aromatic rings. The van der Waals surface area contributed by atoms with Crippen LogP contribution in [0.1, 0.15) is 52.5 Å². The van der Waals surface area contributed by atoms with Gasteiger partial charge in [-0.1, -0.05) is 24.3 Å². The molecule has 1 fully saturated rings. The number of sulfone groups is 1. The smallest absolute Gasteiger partial charge is 0.417 e. The van der Waals surface area contributed by atoms with Crippen molar-refractivity contribution in [3.8, 4) is 11.8 Å². The number of anilines is 1. The van der Waals surface area contributed by atoms with Gasteiger partial charge >= 0.3 is 6.18 Å². The van der Waals surface area contributed by atoms with Crippen LogP contribution in [-0.2, 0) is 36.8 Å². The SMILES string of the molecule is CC(O)(CS(=O)(=O)c1ccc(OCCCOCCC(=O)N2CCN(C(=O)c3cc(Cc4n[nH]c(=O)c5ccccc45)ccc3F)CC2)cc1)C(=O)Nc1ccc(C#N)c(C(F)(F)F)c1. The van der Waals surface area contributed by atoms with Crippen LogP contribution < -0.4 is 15.6 Å². The van der Waals surface area contributed by atoms with Crippen LogP contribution in [0.25, 0.3) is 10.8 Å². The van der Waals surface area contributed by atoms with Crippen LogP contribution in [0.3, 0.4) is 0 Å². The summed E-state index contributed by atoms with van der Waals surface area (Å²) in [5.41, 5.74) is -4.15. The maximum Gasteiger partial charge on any atom is 0.417 e. The lowest BCUT2D eigenvalue weighted by Crippen LogP contribution is -2.50. The standard InChI is InChI=1S/C44H42F4N6O9S/c1-43(59,42(58)50-30-9-8-29(26-49)36(25-30)44(46,47)48)27-64(60,61)32-12-10-31(11-13-32)63-21-4-20-62-22-15-39(55)53-16-18-54(19-17-53)41(57)35-23-28(7-14-37(35)45)24-38-33-5-2-3-6-34(33)40(56)52-51-38/h2-3,5-14,23,25,59H,4,15-22,24,27H2,1H3,(H,50,58)(H,52,56). The molecular weight excluding hydrogens is 865 g/mol. The van der Waals surface area contributed by atoms with Crippen molar-refractivity contribution in [3.63, 3.8) is 0 Å². The molecule has 0 bridgehead atoms. The van der Waals surface area contributed by atoms with E-state index >= 15 is 0 Å². The lowest BCUT2D eigenvalue weighted by molar-refractivity contribution is -0.138. The average molecular weight is 907 g/mol. The number of ether oxygens (including phenoxy) is 2. The zero-order valence-corrected chi connectivity index (χ0v) is 35.1. The normalized spacial score (nSPS) is 14.1. The fourth-order valence-electron chi connectivity index (χ4n) is 6.93. The number of nitriles is 1. The molecule has 0 radical (unpaired) electrons. The number of aromatic amines is 1. The number of aromatic nitrogens is 2. The predicted octanol–water partition coefficient (Wildman–Crippen LogP) is 4.87. The number of piperazine rings is 1. The van der Waals surface area contributed by atoms with Gasteiger partial charge in [-0.3, -0.25) is 19.2 Å². The van der Waals surface area contributed by atoms with E-state index in [-0.39, 0.29) is 80.8 Å². The van der Waals surface area contributed by atoms with E-state index in [1.807, 2.05) is 0 Å². The highest BCUT2D eigenvalue weighted by Crippen LogP contribution is 2.34. The van der Waals surface area contributed by atoms with Crippen molar-refractivity contribution < 1.29 is 54.9 Å². The van der Waals surface area contributed by atoms with Crippen molar-refractivity contribution in [2.75, 3.05) is 57.1 Å². The minimum absolute atomic E-state index is 0.0951. The number of hydrogen-bond donors (Lipinski definition) is 3. The topological polar surface area (TPSA) is 212 Å². The van der Waals surface area contributed by atoms with Gasteiger partial charge in [0.05, 0.1) is 64.1 Å². The predicted molar refractivity (Wildman–Crippen MR) is 224 cm³/mol. The maximum absolute atomic E-state index is 14.9. The summed E-state index contributed by atoms with van der Waals surface area (Å²) in [5.74, 6) is -3.40. The van der Waals surface area contributed by atoms with E-state index in [0.717, 1.165) is 19.1 Å². The largest absolute Gasteiger partial charge is 0.494 e. The first-order valence-electron chi connectivity index (χ1n) is 19.9. The van der Waals surface area contributed by atoms with Crippen molar-refractivity contribution >= 4 is 44.0 Å². The van der Waals surface area contributed by atoms with Crippen LogP contribution in [0.5, 0.6) is 5.75 Å². The lowest BCUT2D eigenvalue weighted by atomic mass is 10.0. The second-order valence-corrected chi connectivity index (χ2v) is 17.1. The number of H-pyrrole nitrogens is 1. The van der Waals surface area contributed by atoms with E-state index in [1.165, 1.54) is 47.4 Å². The van der Waals surface area contributed by atoms with E-state index in [0.29, 0.717) is 40.3 Å². The number of carbonyl (C=O) groups is 3. The molecule has 6 rings (SSSR count). The molecule has 1 aromatic heterocycles. The van der Waals surface area contributed by atoms with Gasteiger partial charge in [0.1, 0.15) is 11.6 Å². The number of halogens is 4. The number of nitrogens with one attached hydrogen (secondary N) is 2. The molecule has 1 saturated heterocycles. The zero-order valence-electron chi connectivity index (χ0n) is 34.3. The Bertz CT molecular complexity index is 2750. The van der Waals surface area contributed by atoms with Gasteiger partial charge < -0.3 is 29.7 Å². The Labute approximate surface area is 364 Å². The molecule has 20 heteroatoms. The Morgan fingerprint density at radius 2 is 1.61 bits per heavy atom. The molecule has 0 saturated carbocycles. The van der Waals surface area contributed by atoms with Gasteiger partial charge in [0.25, 0.3) is 17.4 Å². The molecule has 64 heavy (non-hydrogen) atoms. The highest BCUT2D eigenvalue weighted by Gasteiger charge is 2.38. The van der Waals surface area contributed by atoms with Crippen LogP contribution in [0.15, 0.2) is 94.6 Å². The quantitative estimate of drug-likeness (QED) is 0.0899. The van der Waals surface area contributed by atoms with Crippen molar-refractivity contribution in [1.82, 2.24) is 20.0 Å². The summed E-state index contributed by atoms with van der Waals surface area (Å²) < 4.78 is 92.2. The average Bonchev–Trinajstić information content (AvgIpc) is 3.27. The molecule has 1 unspecified atom stereocenters. The van der Waals surface area contributed by atoms with Crippen molar-refractivity contribution in [2.24, 2.45) is 0 Å². The summed E-state index contributed by atoms with van der Waals surface area (Å²) in [6.07, 6.45) is -4.12. The minimum Gasteiger partial charge on any atom is -0.494 e. The first kappa shape index (κ1) is 46.8. The molecular formula is C44H42F4N6O9S. The first-order chi connectivity index (χ1) is 30.4. The third kappa shape index (κ3) is 11.5. The molecule has 0 aliphatic carbocycles. The molecule has 3 N–H and O–H groups in total. The second kappa shape index (κ2) is 19.8. The Kier molecular flexibility index (Phi) is 14.5. The molecule has 15 nitrogen and oxygen atoms in total. The van der Waals surface area contributed by atoms with Crippen LogP contribution in [0.4, 0.5) is 23.2 Å². The minimum atomic E-state index is -4.90. The number of nitrogens with zero attached hydrogens (tertiary/aromatic N) is 4. The third-order valence-corrected chi connectivity index (χ3v) is 12.3. The molecule has 4 aromatic carbocycles. The number of hydrogen-bond acceptors (Lipinski definition) is 11. The summed E-state index contributed by atoms with van der Waals surface area (Å²) in [6, 6.07) is 20.2. The number of fused-ring (bicyclic) bond motifs is 1. The van der Waals surface area contributed by atoms with Gasteiger partial charge in [0.15, 0.2) is 15.4 Å². The highest BCUT2D eigenvalue weighted by molar-refractivity contribution is 7.91. The van der Waals surface area contributed by atoms with Crippen LogP contribution >= 0.6 is 0 Å². The summed E-state index contributed by atoms with van der Waals surface area (Å²) in [7, 11) is -4.28. The zero-order chi connectivity index (χ0) is 46.2. The van der Waals surface area contributed by atoms with E-state index in [1.54, 1.807) is 35.2 Å².